The minimum absolute atomic E-state index is 0.0129. The van der Waals surface area contributed by atoms with Crippen LogP contribution in [-0.4, -0.2) is 53.8 Å². The largest absolute Gasteiger partial charge is 0.336 e. The van der Waals surface area contributed by atoms with E-state index in [4.69, 9.17) is 5.84 Å². The monoisotopic (exact) mass is 285 g/mol. The summed E-state index contributed by atoms with van der Waals surface area (Å²) in [5.74, 6) is 5.26. The van der Waals surface area contributed by atoms with Crippen molar-refractivity contribution in [3.05, 3.63) is 18.1 Å². The summed E-state index contributed by atoms with van der Waals surface area (Å²) < 4.78 is 23.0. The number of nitrogen functional groups attached to an aromatic ring is 1. The van der Waals surface area contributed by atoms with Gasteiger partial charge in [-0.1, -0.05) is 0 Å². The third kappa shape index (κ3) is 3.38. The van der Waals surface area contributed by atoms with Crippen molar-refractivity contribution in [2.45, 2.75) is 6.42 Å². The van der Waals surface area contributed by atoms with Gasteiger partial charge in [0.05, 0.1) is 23.9 Å². The molecule has 19 heavy (non-hydrogen) atoms. The van der Waals surface area contributed by atoms with Crippen molar-refractivity contribution in [1.82, 2.24) is 14.9 Å². The summed E-state index contributed by atoms with van der Waals surface area (Å²) in [6, 6.07) is 0. The molecule has 0 aromatic carbocycles. The number of hydrazine groups is 1. The summed E-state index contributed by atoms with van der Waals surface area (Å²) in [4.78, 5) is 21.5. The number of aromatic nitrogens is 2. The lowest BCUT2D eigenvalue weighted by Crippen LogP contribution is -2.34. The van der Waals surface area contributed by atoms with Gasteiger partial charge in [-0.05, 0) is 6.42 Å². The molecule has 1 saturated heterocycles. The number of carbonyl (C=O) groups is 1. The summed E-state index contributed by atoms with van der Waals surface area (Å²) in [5.41, 5.74) is 2.46. The topological polar surface area (TPSA) is 118 Å². The number of carbonyl (C=O) groups excluding carboxylic acids is 1. The Hall–Kier alpha value is -1.74. The predicted molar refractivity (Wildman–Crippen MR) is 69.0 cm³/mol. The molecule has 0 saturated carbocycles. The van der Waals surface area contributed by atoms with Gasteiger partial charge >= 0.3 is 0 Å². The van der Waals surface area contributed by atoms with E-state index in [-0.39, 0.29) is 35.5 Å². The molecule has 2 heterocycles. The summed E-state index contributed by atoms with van der Waals surface area (Å²) in [6.07, 6.45) is 3.17. The molecule has 0 aliphatic carbocycles. The van der Waals surface area contributed by atoms with E-state index in [1.807, 2.05) is 0 Å². The molecule has 3 N–H and O–H groups in total. The van der Waals surface area contributed by atoms with Crippen LogP contribution >= 0.6 is 0 Å². The number of nitrogens with zero attached hydrogens (tertiary/aromatic N) is 3. The number of rotatable bonds is 2. The van der Waals surface area contributed by atoms with Gasteiger partial charge < -0.3 is 10.3 Å². The summed E-state index contributed by atoms with van der Waals surface area (Å²) in [5, 5.41) is 0. The molecule has 0 unspecified atom stereocenters. The number of anilines is 1. The van der Waals surface area contributed by atoms with Gasteiger partial charge in [0.25, 0.3) is 5.91 Å². The second-order valence-electron chi connectivity index (χ2n) is 4.23. The molecular formula is C10H15N5O3S. The summed E-state index contributed by atoms with van der Waals surface area (Å²) >= 11 is 0. The average molecular weight is 285 g/mol. The molecule has 1 aromatic heterocycles. The molecule has 0 atom stereocenters. The Balaban J connectivity index is 2.14. The Morgan fingerprint density at radius 2 is 2.11 bits per heavy atom. The standard InChI is InChI=1S/C10H15N5O3S/c11-14-9-7-12-6-8(13-9)10(16)15-2-1-4-19(17,18)5-3-15/h6-7H,1-5,11H2,(H,13,14). The van der Waals surface area contributed by atoms with E-state index in [1.165, 1.54) is 17.3 Å². The number of hydrogen-bond acceptors (Lipinski definition) is 7. The van der Waals surface area contributed by atoms with Crippen LogP contribution in [0.2, 0.25) is 0 Å². The van der Waals surface area contributed by atoms with E-state index < -0.39 is 9.84 Å². The highest BCUT2D eigenvalue weighted by Gasteiger charge is 2.24. The zero-order valence-corrected chi connectivity index (χ0v) is 11.1. The highest BCUT2D eigenvalue weighted by atomic mass is 32.2. The lowest BCUT2D eigenvalue weighted by molar-refractivity contribution is 0.0762. The summed E-state index contributed by atoms with van der Waals surface area (Å²) in [7, 11) is -3.04. The fourth-order valence-corrected chi connectivity index (χ4v) is 3.11. The molecule has 1 fully saturated rings. The van der Waals surface area contributed by atoms with Crippen LogP contribution in [0.15, 0.2) is 12.4 Å². The fourth-order valence-electron chi connectivity index (χ4n) is 1.84. The molecule has 0 bridgehead atoms. The second kappa shape index (κ2) is 5.49. The van der Waals surface area contributed by atoms with Crippen molar-refractivity contribution in [2.24, 2.45) is 5.84 Å². The maximum Gasteiger partial charge on any atom is 0.274 e. The second-order valence-corrected chi connectivity index (χ2v) is 6.54. The number of sulfone groups is 1. The van der Waals surface area contributed by atoms with E-state index >= 15 is 0 Å². The third-order valence-corrected chi connectivity index (χ3v) is 4.56. The Kier molecular flexibility index (Phi) is 3.96. The van der Waals surface area contributed by atoms with Crippen LogP contribution in [0.3, 0.4) is 0 Å². The molecule has 1 aliphatic rings. The molecule has 104 valence electrons. The van der Waals surface area contributed by atoms with E-state index in [9.17, 15) is 13.2 Å². The van der Waals surface area contributed by atoms with Crippen molar-refractivity contribution in [2.75, 3.05) is 30.0 Å². The van der Waals surface area contributed by atoms with Crippen LogP contribution in [0.1, 0.15) is 16.9 Å². The number of nitrogens with two attached hydrogens (primary N) is 1. The van der Waals surface area contributed by atoms with Gasteiger partial charge in [0, 0.05) is 13.1 Å². The first kappa shape index (κ1) is 13.7. The van der Waals surface area contributed by atoms with E-state index in [0.717, 1.165) is 0 Å². The van der Waals surface area contributed by atoms with Crippen LogP contribution in [-0.2, 0) is 9.84 Å². The van der Waals surface area contributed by atoms with Crippen molar-refractivity contribution in [1.29, 1.82) is 0 Å². The van der Waals surface area contributed by atoms with Gasteiger partial charge in [-0.3, -0.25) is 9.78 Å². The van der Waals surface area contributed by atoms with Gasteiger partial charge in [-0.25, -0.2) is 19.2 Å². The van der Waals surface area contributed by atoms with Gasteiger partial charge in [-0.15, -0.1) is 0 Å². The predicted octanol–water partition coefficient (Wildman–Crippen LogP) is -0.977. The Bertz CT molecular complexity index is 574. The lowest BCUT2D eigenvalue weighted by Gasteiger charge is -2.19. The van der Waals surface area contributed by atoms with Crippen LogP contribution in [0, 0.1) is 0 Å². The van der Waals surface area contributed by atoms with Crippen LogP contribution < -0.4 is 11.3 Å². The molecule has 9 heteroatoms. The Morgan fingerprint density at radius 1 is 1.32 bits per heavy atom. The smallest absolute Gasteiger partial charge is 0.274 e. The lowest BCUT2D eigenvalue weighted by atomic mass is 10.3. The fraction of sp³-hybridized carbons (Fsp3) is 0.500. The number of hydrogen-bond donors (Lipinski definition) is 2. The highest BCUT2D eigenvalue weighted by molar-refractivity contribution is 7.91. The first-order valence-electron chi connectivity index (χ1n) is 5.80. The normalized spacial score (nSPS) is 18.7. The minimum atomic E-state index is -3.04. The van der Waals surface area contributed by atoms with Gasteiger partial charge in [0.2, 0.25) is 0 Å². The maximum atomic E-state index is 12.2. The SMILES string of the molecule is NNc1cncc(C(=O)N2CCCS(=O)(=O)CC2)n1. The van der Waals surface area contributed by atoms with Crippen molar-refractivity contribution in [3.63, 3.8) is 0 Å². The highest BCUT2D eigenvalue weighted by Crippen LogP contribution is 2.09. The minimum Gasteiger partial charge on any atom is -0.336 e. The summed E-state index contributed by atoms with van der Waals surface area (Å²) in [6.45, 7) is 0.586. The van der Waals surface area contributed by atoms with Crippen LogP contribution in [0.5, 0.6) is 0 Å². The van der Waals surface area contributed by atoms with Gasteiger partial charge in [0.1, 0.15) is 5.69 Å². The molecule has 8 nitrogen and oxygen atoms in total. The van der Waals surface area contributed by atoms with Crippen molar-refractivity contribution < 1.29 is 13.2 Å². The van der Waals surface area contributed by atoms with E-state index in [2.05, 4.69) is 15.4 Å². The van der Waals surface area contributed by atoms with Gasteiger partial charge in [-0.2, -0.15) is 0 Å². The maximum absolute atomic E-state index is 12.2. The molecule has 1 amide bonds. The van der Waals surface area contributed by atoms with Gasteiger partial charge in [0.15, 0.2) is 15.7 Å². The number of nitrogens with one attached hydrogen (secondary N) is 1. The molecule has 0 spiro atoms. The molecular weight excluding hydrogens is 270 g/mol. The molecule has 1 aromatic rings. The third-order valence-electron chi connectivity index (χ3n) is 2.84. The zero-order chi connectivity index (χ0) is 13.9. The average Bonchev–Trinajstić information content (AvgIpc) is 2.59. The Morgan fingerprint density at radius 3 is 2.84 bits per heavy atom. The van der Waals surface area contributed by atoms with Crippen molar-refractivity contribution >= 4 is 21.6 Å². The van der Waals surface area contributed by atoms with E-state index in [0.29, 0.717) is 13.0 Å². The molecule has 0 radical (unpaired) electrons. The first-order valence-corrected chi connectivity index (χ1v) is 7.62. The van der Waals surface area contributed by atoms with Crippen molar-refractivity contribution in [3.8, 4) is 0 Å². The first-order chi connectivity index (χ1) is 9.02. The zero-order valence-electron chi connectivity index (χ0n) is 10.2. The number of amides is 1. The molecule has 1 aliphatic heterocycles. The quantitative estimate of drug-likeness (QED) is 0.529. The van der Waals surface area contributed by atoms with Crippen LogP contribution in [0.25, 0.3) is 0 Å². The Labute approximate surface area is 110 Å². The van der Waals surface area contributed by atoms with E-state index in [1.54, 1.807) is 0 Å². The molecule has 2 rings (SSSR count). The van der Waals surface area contributed by atoms with Crippen LogP contribution in [0.4, 0.5) is 5.82 Å².